The fraction of sp³-hybridized carbons (Fsp3) is 0.250. The molecule has 4 rings (SSSR count). The zero-order valence-corrected chi connectivity index (χ0v) is 21.2. The van der Waals surface area contributed by atoms with E-state index in [1.807, 2.05) is 61.5 Å². The highest BCUT2D eigenvalue weighted by molar-refractivity contribution is 7.13. The first kappa shape index (κ1) is 24.7. The normalized spacial score (nSPS) is 11.1. The number of pyridine rings is 1. The predicted octanol–water partition coefficient (Wildman–Crippen LogP) is 5.55. The van der Waals surface area contributed by atoms with Crippen LogP contribution in [-0.2, 0) is 19.5 Å². The van der Waals surface area contributed by atoms with Crippen molar-refractivity contribution in [2.75, 3.05) is 5.32 Å². The summed E-state index contributed by atoms with van der Waals surface area (Å²) >= 11 is 1.45. The first-order chi connectivity index (χ1) is 16.9. The minimum Gasteiger partial charge on any atom is -0.326 e. The number of nitrogens with zero attached hydrogens (tertiary/aromatic N) is 2. The topological polar surface area (TPSA) is 107 Å². The molecule has 4 aromatic rings. The maximum Gasteiger partial charge on any atom is 0.275 e. The molecular weight excluding hydrogens is 454 g/mol. The molecular formula is C28H31N5OS. The molecule has 0 bridgehead atoms. The summed E-state index contributed by atoms with van der Waals surface area (Å²) < 4.78 is 0. The number of anilines is 1. The van der Waals surface area contributed by atoms with Crippen LogP contribution in [0.3, 0.4) is 0 Å². The van der Waals surface area contributed by atoms with Crippen LogP contribution in [0.1, 0.15) is 46.9 Å². The molecule has 7 heteroatoms. The number of rotatable bonds is 8. The first-order valence-electron chi connectivity index (χ1n) is 11.7. The molecule has 0 saturated heterocycles. The monoisotopic (exact) mass is 485 g/mol. The second-order valence-electron chi connectivity index (χ2n) is 8.93. The van der Waals surface area contributed by atoms with Crippen LogP contribution in [0.2, 0.25) is 0 Å². The molecule has 0 aliphatic rings. The number of amides is 1. The van der Waals surface area contributed by atoms with Gasteiger partial charge >= 0.3 is 0 Å². The lowest BCUT2D eigenvalue weighted by Crippen LogP contribution is -2.18. The number of hydrogen-bond acceptors (Lipinski definition) is 6. The molecule has 0 aliphatic heterocycles. The third-order valence-corrected chi connectivity index (χ3v) is 6.74. The van der Waals surface area contributed by atoms with E-state index in [4.69, 9.17) is 16.5 Å². The average molecular weight is 486 g/mol. The molecule has 0 radical (unpaired) electrons. The SMILES string of the molecule is Cc1nc(CC(C)C)c(CN)c(-c2ccc(CN)cc2)c1NC(=O)c1csc(-c2ccccc2)n1. The molecule has 2 aromatic carbocycles. The maximum atomic E-state index is 13.3. The van der Waals surface area contributed by atoms with Gasteiger partial charge in [-0.15, -0.1) is 11.3 Å². The number of aryl methyl sites for hydroxylation is 1. The van der Waals surface area contributed by atoms with Crippen molar-refractivity contribution in [1.82, 2.24) is 9.97 Å². The van der Waals surface area contributed by atoms with Gasteiger partial charge in [0, 0.05) is 35.3 Å². The van der Waals surface area contributed by atoms with Gasteiger partial charge in [-0.05, 0) is 36.0 Å². The number of benzene rings is 2. The van der Waals surface area contributed by atoms with Crippen molar-refractivity contribution < 1.29 is 4.79 Å². The Bertz CT molecular complexity index is 1310. The van der Waals surface area contributed by atoms with Crippen LogP contribution in [0.15, 0.2) is 60.0 Å². The number of carbonyl (C=O) groups excluding carboxylic acids is 1. The summed E-state index contributed by atoms with van der Waals surface area (Å²) in [5.74, 6) is 0.152. The highest BCUT2D eigenvalue weighted by atomic mass is 32.1. The third-order valence-electron chi connectivity index (χ3n) is 5.84. The Labute approximate surface area is 210 Å². The van der Waals surface area contributed by atoms with Crippen LogP contribution < -0.4 is 16.8 Å². The molecule has 0 unspecified atom stereocenters. The Morgan fingerprint density at radius 3 is 2.31 bits per heavy atom. The summed E-state index contributed by atoms with van der Waals surface area (Å²) in [5, 5.41) is 5.69. The quantitative estimate of drug-likeness (QED) is 0.303. The van der Waals surface area contributed by atoms with E-state index >= 15 is 0 Å². The van der Waals surface area contributed by atoms with Gasteiger partial charge in [-0.25, -0.2) is 4.98 Å². The molecule has 5 N–H and O–H groups in total. The van der Waals surface area contributed by atoms with Gasteiger partial charge in [-0.3, -0.25) is 9.78 Å². The van der Waals surface area contributed by atoms with E-state index in [1.165, 1.54) is 11.3 Å². The summed E-state index contributed by atoms with van der Waals surface area (Å²) in [7, 11) is 0. The highest BCUT2D eigenvalue weighted by Gasteiger charge is 2.22. The Balaban J connectivity index is 1.77. The van der Waals surface area contributed by atoms with E-state index in [-0.39, 0.29) is 5.91 Å². The Hall–Kier alpha value is -3.39. The third kappa shape index (κ3) is 5.48. The van der Waals surface area contributed by atoms with E-state index < -0.39 is 0 Å². The Kier molecular flexibility index (Phi) is 7.70. The first-order valence-corrected chi connectivity index (χ1v) is 12.6. The number of hydrogen-bond donors (Lipinski definition) is 3. The average Bonchev–Trinajstić information content (AvgIpc) is 3.36. The van der Waals surface area contributed by atoms with Crippen LogP contribution in [-0.4, -0.2) is 15.9 Å². The molecule has 180 valence electrons. The molecule has 6 nitrogen and oxygen atoms in total. The van der Waals surface area contributed by atoms with Crippen LogP contribution in [0.4, 0.5) is 5.69 Å². The van der Waals surface area contributed by atoms with Gasteiger partial charge in [0.1, 0.15) is 10.7 Å². The molecule has 0 aliphatic carbocycles. The van der Waals surface area contributed by atoms with Crippen LogP contribution in [0.25, 0.3) is 21.7 Å². The zero-order chi connectivity index (χ0) is 24.9. The molecule has 1 amide bonds. The van der Waals surface area contributed by atoms with Crippen molar-refractivity contribution in [3.05, 3.63) is 88.2 Å². The van der Waals surface area contributed by atoms with Gasteiger partial charge < -0.3 is 16.8 Å². The van der Waals surface area contributed by atoms with Crippen molar-refractivity contribution >= 4 is 22.9 Å². The number of thiazole rings is 1. The minimum atomic E-state index is -0.271. The maximum absolute atomic E-state index is 13.3. The minimum absolute atomic E-state index is 0.271. The van der Waals surface area contributed by atoms with E-state index in [9.17, 15) is 4.79 Å². The second-order valence-corrected chi connectivity index (χ2v) is 9.79. The summed E-state index contributed by atoms with van der Waals surface area (Å²) in [6, 6.07) is 17.9. The largest absolute Gasteiger partial charge is 0.326 e. The summed E-state index contributed by atoms with van der Waals surface area (Å²) in [4.78, 5) is 22.8. The van der Waals surface area contributed by atoms with Crippen molar-refractivity contribution in [1.29, 1.82) is 0 Å². The number of aromatic nitrogens is 2. The van der Waals surface area contributed by atoms with E-state index in [0.29, 0.717) is 30.4 Å². The van der Waals surface area contributed by atoms with Gasteiger partial charge in [-0.1, -0.05) is 68.4 Å². The number of nitrogens with two attached hydrogens (primary N) is 2. The molecule has 0 fully saturated rings. The fourth-order valence-electron chi connectivity index (χ4n) is 4.13. The van der Waals surface area contributed by atoms with Crippen molar-refractivity contribution in [2.24, 2.45) is 17.4 Å². The molecule has 35 heavy (non-hydrogen) atoms. The number of carbonyl (C=O) groups is 1. The fourth-order valence-corrected chi connectivity index (χ4v) is 4.93. The van der Waals surface area contributed by atoms with Gasteiger partial charge in [0.15, 0.2) is 0 Å². The van der Waals surface area contributed by atoms with Gasteiger partial charge in [-0.2, -0.15) is 0 Å². The Morgan fingerprint density at radius 1 is 0.971 bits per heavy atom. The van der Waals surface area contributed by atoms with E-state index in [1.54, 1.807) is 5.38 Å². The van der Waals surface area contributed by atoms with E-state index in [0.717, 1.165) is 50.6 Å². The lowest BCUT2D eigenvalue weighted by molar-refractivity contribution is 0.102. The summed E-state index contributed by atoms with van der Waals surface area (Å²) in [6.45, 7) is 7.04. The summed E-state index contributed by atoms with van der Waals surface area (Å²) in [5.41, 5.74) is 19.7. The molecule has 2 aromatic heterocycles. The number of nitrogens with one attached hydrogen (secondary N) is 1. The highest BCUT2D eigenvalue weighted by Crippen LogP contribution is 2.36. The summed E-state index contributed by atoms with van der Waals surface area (Å²) in [6.07, 6.45) is 0.808. The van der Waals surface area contributed by atoms with E-state index in [2.05, 4.69) is 24.1 Å². The predicted molar refractivity (Wildman–Crippen MR) is 144 cm³/mol. The van der Waals surface area contributed by atoms with Crippen molar-refractivity contribution in [3.63, 3.8) is 0 Å². The molecule has 0 atom stereocenters. The zero-order valence-electron chi connectivity index (χ0n) is 20.3. The van der Waals surface area contributed by atoms with Crippen LogP contribution in [0.5, 0.6) is 0 Å². The molecule has 2 heterocycles. The molecule has 0 saturated carbocycles. The van der Waals surface area contributed by atoms with Gasteiger partial charge in [0.2, 0.25) is 0 Å². The lowest BCUT2D eigenvalue weighted by atomic mass is 9.92. The van der Waals surface area contributed by atoms with Crippen molar-refractivity contribution in [3.8, 4) is 21.7 Å². The smallest absolute Gasteiger partial charge is 0.275 e. The van der Waals surface area contributed by atoms with Crippen molar-refractivity contribution in [2.45, 2.75) is 40.3 Å². The second kappa shape index (κ2) is 10.9. The molecule has 0 spiro atoms. The van der Waals surface area contributed by atoms with Gasteiger partial charge in [0.25, 0.3) is 5.91 Å². The van der Waals surface area contributed by atoms with Crippen LogP contribution >= 0.6 is 11.3 Å². The van der Waals surface area contributed by atoms with Gasteiger partial charge in [0.05, 0.1) is 11.4 Å². The lowest BCUT2D eigenvalue weighted by Gasteiger charge is -2.21. The van der Waals surface area contributed by atoms with Crippen LogP contribution in [0, 0.1) is 12.8 Å². The Morgan fingerprint density at radius 2 is 1.69 bits per heavy atom. The standard InChI is InChI=1S/C28H31N5OS/c1-17(2)13-23-22(15-30)25(20-11-9-19(14-29)10-12-20)26(18(3)31-23)33-27(34)24-16-35-28(32-24)21-7-5-4-6-8-21/h4-12,16-17H,13-15,29-30H2,1-3H3,(H,33,34).